The summed E-state index contributed by atoms with van der Waals surface area (Å²) < 4.78 is 0. The smallest absolute Gasteiger partial charge is 0.0565 e. The molecule has 0 atom stereocenters. The molecule has 1 saturated heterocycles. The molecule has 128 valence electrons. The molecule has 4 heteroatoms. The van der Waals surface area contributed by atoms with Gasteiger partial charge >= 0.3 is 0 Å². The number of anilines is 1. The first-order valence-electron chi connectivity index (χ1n) is 8.86. The minimum Gasteiger partial charge on any atom is -0.372 e. The number of aromatic nitrogens is 2. The van der Waals surface area contributed by atoms with Gasteiger partial charge in [0.1, 0.15) is 0 Å². The van der Waals surface area contributed by atoms with E-state index in [-0.39, 0.29) is 0 Å². The fourth-order valence-corrected chi connectivity index (χ4v) is 3.75. The summed E-state index contributed by atoms with van der Waals surface area (Å²) in [7, 11) is 0. The van der Waals surface area contributed by atoms with Crippen molar-refractivity contribution in [1.82, 2.24) is 10.2 Å². The molecule has 3 aromatic rings. The van der Waals surface area contributed by atoms with Crippen LogP contribution in [-0.4, -0.2) is 23.3 Å². The Kier molecular flexibility index (Phi) is 4.75. The average molecular weight is 352 g/mol. The third kappa shape index (κ3) is 3.88. The second kappa shape index (κ2) is 7.32. The number of aromatic amines is 1. The minimum atomic E-state index is 0.766. The van der Waals surface area contributed by atoms with Gasteiger partial charge in [-0.05, 0) is 60.6 Å². The lowest BCUT2D eigenvalue weighted by Gasteiger charge is -2.33. The van der Waals surface area contributed by atoms with Gasteiger partial charge in [-0.15, -0.1) is 0 Å². The molecule has 1 fully saturated rings. The van der Waals surface area contributed by atoms with E-state index in [4.69, 9.17) is 11.6 Å². The molecule has 0 radical (unpaired) electrons. The van der Waals surface area contributed by atoms with Crippen molar-refractivity contribution in [1.29, 1.82) is 0 Å². The maximum absolute atomic E-state index is 5.97. The van der Waals surface area contributed by atoms with Crippen LogP contribution in [-0.2, 0) is 6.42 Å². The van der Waals surface area contributed by atoms with Crippen LogP contribution in [0.5, 0.6) is 0 Å². The van der Waals surface area contributed by atoms with Crippen LogP contribution in [0.1, 0.15) is 18.4 Å². The van der Waals surface area contributed by atoms with E-state index in [1.165, 1.54) is 29.7 Å². The zero-order valence-corrected chi connectivity index (χ0v) is 14.9. The van der Waals surface area contributed by atoms with Crippen molar-refractivity contribution in [3.05, 3.63) is 71.5 Å². The molecular formula is C21H22ClN3. The Labute approximate surface area is 153 Å². The van der Waals surface area contributed by atoms with Gasteiger partial charge in [-0.3, -0.25) is 5.10 Å². The molecule has 0 unspecified atom stereocenters. The molecule has 1 aliphatic heterocycles. The van der Waals surface area contributed by atoms with E-state index in [1.807, 2.05) is 24.5 Å². The van der Waals surface area contributed by atoms with Crippen LogP contribution in [0.2, 0.25) is 5.02 Å². The number of piperidine rings is 1. The first-order valence-corrected chi connectivity index (χ1v) is 9.24. The Morgan fingerprint density at radius 3 is 2.32 bits per heavy atom. The predicted molar refractivity (Wildman–Crippen MR) is 104 cm³/mol. The Morgan fingerprint density at radius 2 is 1.68 bits per heavy atom. The Hall–Kier alpha value is -2.26. The molecule has 2 heterocycles. The van der Waals surface area contributed by atoms with Gasteiger partial charge in [-0.1, -0.05) is 35.9 Å². The number of nitrogens with zero attached hydrogens (tertiary/aromatic N) is 2. The molecule has 0 spiro atoms. The molecule has 0 amide bonds. The highest BCUT2D eigenvalue weighted by Gasteiger charge is 2.19. The van der Waals surface area contributed by atoms with E-state index in [1.54, 1.807) is 0 Å². The SMILES string of the molecule is Clc1ccc(CC2CCN(c3ccc(-c4cn[nH]c4)cc3)CC2)cc1. The highest BCUT2D eigenvalue weighted by atomic mass is 35.5. The molecule has 4 rings (SSSR count). The van der Waals surface area contributed by atoms with Crippen LogP contribution >= 0.6 is 11.6 Å². The fraction of sp³-hybridized carbons (Fsp3) is 0.286. The van der Waals surface area contributed by atoms with Crippen LogP contribution < -0.4 is 4.90 Å². The summed E-state index contributed by atoms with van der Waals surface area (Å²) in [5, 5.41) is 7.70. The Bertz CT molecular complexity index is 786. The summed E-state index contributed by atoms with van der Waals surface area (Å²) in [6.45, 7) is 2.26. The van der Waals surface area contributed by atoms with Crippen molar-refractivity contribution in [3.63, 3.8) is 0 Å². The molecule has 0 aliphatic carbocycles. The fourth-order valence-electron chi connectivity index (χ4n) is 3.62. The van der Waals surface area contributed by atoms with Crippen LogP contribution in [0.25, 0.3) is 11.1 Å². The zero-order valence-electron chi connectivity index (χ0n) is 14.2. The first kappa shape index (κ1) is 16.2. The van der Waals surface area contributed by atoms with E-state index in [9.17, 15) is 0 Å². The third-order valence-corrected chi connectivity index (χ3v) is 5.37. The maximum Gasteiger partial charge on any atom is 0.0565 e. The molecule has 3 nitrogen and oxygen atoms in total. The van der Waals surface area contributed by atoms with Crippen molar-refractivity contribution < 1.29 is 0 Å². The summed E-state index contributed by atoms with van der Waals surface area (Å²) in [4.78, 5) is 2.50. The molecule has 1 aromatic heterocycles. The topological polar surface area (TPSA) is 31.9 Å². The maximum atomic E-state index is 5.97. The molecule has 1 N–H and O–H groups in total. The number of rotatable bonds is 4. The quantitative estimate of drug-likeness (QED) is 0.701. The highest BCUT2D eigenvalue weighted by Crippen LogP contribution is 2.28. The summed E-state index contributed by atoms with van der Waals surface area (Å²) in [5.74, 6) is 0.766. The molecule has 1 aliphatic rings. The van der Waals surface area contributed by atoms with Gasteiger partial charge in [0.2, 0.25) is 0 Å². The van der Waals surface area contributed by atoms with Crippen molar-refractivity contribution in [2.45, 2.75) is 19.3 Å². The van der Waals surface area contributed by atoms with Gasteiger partial charge in [0, 0.05) is 35.6 Å². The second-order valence-corrected chi connectivity index (χ2v) is 7.23. The van der Waals surface area contributed by atoms with E-state index in [0.29, 0.717) is 0 Å². The number of H-pyrrole nitrogens is 1. The Balaban J connectivity index is 1.34. The van der Waals surface area contributed by atoms with Crippen molar-refractivity contribution >= 4 is 17.3 Å². The lowest BCUT2D eigenvalue weighted by Crippen LogP contribution is -2.34. The van der Waals surface area contributed by atoms with E-state index in [2.05, 4.69) is 51.5 Å². The predicted octanol–water partition coefficient (Wildman–Crippen LogP) is 5.19. The van der Waals surface area contributed by atoms with Gasteiger partial charge in [-0.2, -0.15) is 5.10 Å². The monoisotopic (exact) mass is 351 g/mol. The van der Waals surface area contributed by atoms with Gasteiger partial charge in [-0.25, -0.2) is 0 Å². The number of halogens is 1. The first-order chi connectivity index (χ1) is 12.3. The summed E-state index contributed by atoms with van der Waals surface area (Å²) in [5.41, 5.74) is 5.05. The number of nitrogens with one attached hydrogen (secondary N) is 1. The molecular weight excluding hydrogens is 330 g/mol. The van der Waals surface area contributed by atoms with E-state index in [0.717, 1.165) is 36.0 Å². The van der Waals surface area contributed by atoms with Gasteiger partial charge in [0.15, 0.2) is 0 Å². The van der Waals surface area contributed by atoms with E-state index < -0.39 is 0 Å². The summed E-state index contributed by atoms with van der Waals surface area (Å²) in [6.07, 6.45) is 7.43. The zero-order chi connectivity index (χ0) is 17.1. The molecule has 0 bridgehead atoms. The average Bonchev–Trinajstić information content (AvgIpc) is 3.19. The van der Waals surface area contributed by atoms with Gasteiger partial charge < -0.3 is 4.90 Å². The lowest BCUT2D eigenvalue weighted by molar-refractivity contribution is 0.404. The highest BCUT2D eigenvalue weighted by molar-refractivity contribution is 6.30. The number of hydrogen-bond acceptors (Lipinski definition) is 2. The molecule has 0 saturated carbocycles. The van der Waals surface area contributed by atoms with Gasteiger partial charge in [0.25, 0.3) is 0 Å². The summed E-state index contributed by atoms with van der Waals surface area (Å²) >= 11 is 5.97. The van der Waals surface area contributed by atoms with Crippen molar-refractivity contribution in [3.8, 4) is 11.1 Å². The minimum absolute atomic E-state index is 0.766. The standard InChI is InChI=1S/C21H22ClN3/c22-20-5-1-16(2-6-20)13-17-9-11-25(12-10-17)21-7-3-18(4-8-21)19-14-23-24-15-19/h1-8,14-15,17H,9-13H2,(H,23,24). The molecule has 2 aromatic carbocycles. The van der Waals surface area contributed by atoms with Crippen LogP contribution in [0.15, 0.2) is 60.9 Å². The largest absolute Gasteiger partial charge is 0.372 e. The Morgan fingerprint density at radius 1 is 0.960 bits per heavy atom. The van der Waals surface area contributed by atoms with E-state index >= 15 is 0 Å². The van der Waals surface area contributed by atoms with Crippen LogP contribution in [0.3, 0.4) is 0 Å². The van der Waals surface area contributed by atoms with Crippen molar-refractivity contribution in [2.24, 2.45) is 5.92 Å². The summed E-state index contributed by atoms with van der Waals surface area (Å²) in [6, 6.07) is 17.1. The number of hydrogen-bond donors (Lipinski definition) is 1. The van der Waals surface area contributed by atoms with Crippen molar-refractivity contribution in [2.75, 3.05) is 18.0 Å². The lowest BCUT2D eigenvalue weighted by atomic mass is 9.90. The van der Waals surface area contributed by atoms with Crippen LogP contribution in [0.4, 0.5) is 5.69 Å². The third-order valence-electron chi connectivity index (χ3n) is 5.12. The van der Waals surface area contributed by atoms with Crippen LogP contribution in [0, 0.1) is 5.92 Å². The second-order valence-electron chi connectivity index (χ2n) is 6.79. The number of benzene rings is 2. The van der Waals surface area contributed by atoms with Gasteiger partial charge in [0.05, 0.1) is 6.20 Å². The molecule has 25 heavy (non-hydrogen) atoms. The normalized spacial score (nSPS) is 15.5.